The van der Waals surface area contributed by atoms with Gasteiger partial charge in [-0.25, -0.2) is 18.4 Å². The molecule has 1 heterocycles. The van der Waals surface area contributed by atoms with Crippen LogP contribution in [0.3, 0.4) is 0 Å². The maximum atomic E-state index is 14.0. The van der Waals surface area contributed by atoms with Crippen molar-refractivity contribution in [2.45, 2.75) is 64.0 Å². The van der Waals surface area contributed by atoms with Crippen LogP contribution in [0.25, 0.3) is 0 Å². The van der Waals surface area contributed by atoms with Crippen molar-refractivity contribution in [2.75, 3.05) is 13.7 Å². The number of carbonyl (C=O) groups excluding carboxylic acids is 3. The van der Waals surface area contributed by atoms with Gasteiger partial charge in [-0.2, -0.15) is 0 Å². The molecular weight excluding hydrogens is 384 g/mol. The van der Waals surface area contributed by atoms with Crippen molar-refractivity contribution in [1.82, 2.24) is 4.90 Å². The third-order valence-corrected chi connectivity index (χ3v) is 4.68. The zero-order valence-corrected chi connectivity index (χ0v) is 17.3. The van der Waals surface area contributed by atoms with E-state index in [4.69, 9.17) is 4.74 Å². The van der Waals surface area contributed by atoms with E-state index in [9.17, 15) is 23.2 Å². The van der Waals surface area contributed by atoms with Crippen molar-refractivity contribution < 1.29 is 32.6 Å². The molecular formula is C21H27F2NO5. The molecule has 0 saturated carbocycles. The van der Waals surface area contributed by atoms with Gasteiger partial charge in [0, 0.05) is 12.8 Å². The highest BCUT2D eigenvalue weighted by Crippen LogP contribution is 2.35. The number of hydrogen-bond donors (Lipinski definition) is 0. The predicted octanol–water partition coefficient (Wildman–Crippen LogP) is 4.18. The largest absolute Gasteiger partial charge is 0.465 e. The Balaban J connectivity index is 2.10. The zero-order valence-electron chi connectivity index (χ0n) is 17.3. The van der Waals surface area contributed by atoms with Gasteiger partial charge >= 0.3 is 12.1 Å². The van der Waals surface area contributed by atoms with Gasteiger partial charge in [-0.3, -0.25) is 9.69 Å². The lowest BCUT2D eigenvalue weighted by atomic mass is 9.92. The van der Waals surface area contributed by atoms with Crippen LogP contribution in [0.2, 0.25) is 0 Å². The first-order chi connectivity index (χ1) is 13.3. The van der Waals surface area contributed by atoms with Gasteiger partial charge in [0.25, 0.3) is 5.92 Å². The summed E-state index contributed by atoms with van der Waals surface area (Å²) in [5.74, 6) is -4.33. The van der Waals surface area contributed by atoms with E-state index in [1.54, 1.807) is 52.0 Å². The lowest BCUT2D eigenvalue weighted by Crippen LogP contribution is -2.44. The second-order valence-electron chi connectivity index (χ2n) is 8.37. The molecule has 0 N–H and O–H groups in total. The number of benzene rings is 1. The van der Waals surface area contributed by atoms with Gasteiger partial charge in [-0.05, 0) is 44.4 Å². The fourth-order valence-electron chi connectivity index (χ4n) is 3.24. The zero-order chi connectivity index (χ0) is 22.0. The summed E-state index contributed by atoms with van der Waals surface area (Å²) in [6.45, 7) is 5.86. The van der Waals surface area contributed by atoms with E-state index < -0.39 is 48.4 Å². The van der Waals surface area contributed by atoms with Crippen molar-refractivity contribution in [1.29, 1.82) is 0 Å². The number of rotatable bonds is 5. The van der Waals surface area contributed by atoms with Crippen LogP contribution in [-0.2, 0) is 14.3 Å². The van der Waals surface area contributed by atoms with Crippen LogP contribution >= 0.6 is 0 Å². The normalized spacial score (nSPS) is 19.6. The maximum Gasteiger partial charge on any atom is 0.411 e. The number of ketones is 1. The number of Topliss-reactive ketones (excluding diaryl/α,β-unsaturated/α-hetero) is 1. The number of halogens is 2. The highest BCUT2D eigenvalue weighted by Gasteiger charge is 2.50. The minimum absolute atomic E-state index is 0.0163. The van der Waals surface area contributed by atoms with Crippen molar-refractivity contribution >= 4 is 17.8 Å². The van der Waals surface area contributed by atoms with Gasteiger partial charge < -0.3 is 9.47 Å². The number of amides is 1. The number of methoxy groups -OCH3 is 1. The Morgan fingerprint density at radius 1 is 1.21 bits per heavy atom. The van der Waals surface area contributed by atoms with Gasteiger partial charge in [0.05, 0.1) is 25.3 Å². The Morgan fingerprint density at radius 3 is 2.31 bits per heavy atom. The number of nitrogens with zero attached hydrogens (tertiary/aromatic N) is 1. The van der Waals surface area contributed by atoms with Gasteiger partial charge in [-0.1, -0.05) is 19.1 Å². The second-order valence-corrected chi connectivity index (χ2v) is 8.37. The standard InChI is InChI=1S/C21H27F2NO5/c1-13(14-6-8-15(9-7-14)18(26)28-5)10-17(25)16-11-21(22,23)12-24(16)19(27)29-20(2,3)4/h6-9,13,16H,10-12H2,1-5H3/t13-,16-/m1/s1. The van der Waals surface area contributed by atoms with E-state index in [0.717, 1.165) is 10.5 Å². The summed E-state index contributed by atoms with van der Waals surface area (Å²) >= 11 is 0. The minimum Gasteiger partial charge on any atom is -0.465 e. The van der Waals surface area contributed by atoms with Crippen LogP contribution in [0.4, 0.5) is 13.6 Å². The Hall–Kier alpha value is -2.51. The molecule has 1 fully saturated rings. The molecule has 0 aromatic heterocycles. The number of alkyl halides is 2. The number of likely N-dealkylation sites (tertiary alicyclic amines) is 1. The molecule has 2 atom stereocenters. The van der Waals surface area contributed by atoms with Gasteiger partial charge in [0.2, 0.25) is 0 Å². The average molecular weight is 411 g/mol. The number of carbonyl (C=O) groups is 3. The van der Waals surface area contributed by atoms with Crippen LogP contribution in [0.15, 0.2) is 24.3 Å². The van der Waals surface area contributed by atoms with Gasteiger partial charge in [0.1, 0.15) is 5.60 Å². The van der Waals surface area contributed by atoms with Crippen LogP contribution in [0.5, 0.6) is 0 Å². The Morgan fingerprint density at radius 2 is 1.79 bits per heavy atom. The fraction of sp³-hybridized carbons (Fsp3) is 0.571. The van der Waals surface area contributed by atoms with Crippen LogP contribution < -0.4 is 0 Å². The lowest BCUT2D eigenvalue weighted by molar-refractivity contribution is -0.123. The third-order valence-electron chi connectivity index (χ3n) is 4.68. The molecule has 0 unspecified atom stereocenters. The topological polar surface area (TPSA) is 72.9 Å². The second kappa shape index (κ2) is 8.47. The van der Waals surface area contributed by atoms with Crippen LogP contribution in [-0.4, -0.2) is 54.0 Å². The smallest absolute Gasteiger partial charge is 0.411 e. The number of hydrogen-bond acceptors (Lipinski definition) is 5. The molecule has 160 valence electrons. The van der Waals surface area contributed by atoms with Crippen LogP contribution in [0, 0.1) is 0 Å². The summed E-state index contributed by atoms with van der Waals surface area (Å²) in [7, 11) is 1.28. The summed E-state index contributed by atoms with van der Waals surface area (Å²) in [5, 5.41) is 0. The molecule has 8 heteroatoms. The molecule has 1 saturated heterocycles. The Kier molecular flexibility index (Phi) is 6.65. The molecule has 1 aromatic carbocycles. The molecule has 0 radical (unpaired) electrons. The highest BCUT2D eigenvalue weighted by molar-refractivity contribution is 5.90. The van der Waals surface area contributed by atoms with E-state index in [-0.39, 0.29) is 12.3 Å². The summed E-state index contributed by atoms with van der Waals surface area (Å²) < 4.78 is 37.8. The molecule has 1 aromatic rings. The van der Waals surface area contributed by atoms with Crippen molar-refractivity contribution in [2.24, 2.45) is 0 Å². The minimum atomic E-state index is -3.14. The first-order valence-electron chi connectivity index (χ1n) is 9.41. The SMILES string of the molecule is COC(=O)c1ccc([C@H](C)CC(=O)[C@H]2CC(F)(F)CN2C(=O)OC(C)(C)C)cc1. The summed E-state index contributed by atoms with van der Waals surface area (Å²) in [6, 6.07) is 5.33. The van der Waals surface area contributed by atoms with E-state index in [1.165, 1.54) is 7.11 Å². The van der Waals surface area contributed by atoms with E-state index in [2.05, 4.69) is 4.74 Å². The molecule has 1 aliphatic rings. The lowest BCUT2D eigenvalue weighted by Gasteiger charge is -2.28. The molecule has 0 aliphatic carbocycles. The molecule has 0 spiro atoms. The molecule has 0 bridgehead atoms. The van der Waals surface area contributed by atoms with E-state index in [0.29, 0.717) is 5.56 Å². The van der Waals surface area contributed by atoms with Crippen LogP contribution in [0.1, 0.15) is 62.4 Å². The van der Waals surface area contributed by atoms with E-state index in [1.807, 2.05) is 0 Å². The van der Waals surface area contributed by atoms with Gasteiger partial charge in [0.15, 0.2) is 5.78 Å². The first kappa shape index (κ1) is 22.8. The van der Waals surface area contributed by atoms with Crippen molar-refractivity contribution in [3.63, 3.8) is 0 Å². The molecule has 1 amide bonds. The summed E-state index contributed by atoms with van der Waals surface area (Å²) in [5.41, 5.74) is 0.304. The Bertz CT molecular complexity index is 770. The fourth-order valence-corrected chi connectivity index (χ4v) is 3.24. The summed E-state index contributed by atoms with van der Waals surface area (Å²) in [4.78, 5) is 37.4. The molecule has 2 rings (SSSR count). The Labute approximate surface area is 169 Å². The number of ether oxygens (including phenoxy) is 2. The first-order valence-corrected chi connectivity index (χ1v) is 9.41. The average Bonchev–Trinajstić information content (AvgIpc) is 2.95. The quantitative estimate of drug-likeness (QED) is 0.680. The molecule has 1 aliphatic heterocycles. The monoisotopic (exact) mass is 411 g/mol. The van der Waals surface area contributed by atoms with Crippen molar-refractivity contribution in [3.05, 3.63) is 35.4 Å². The molecule has 6 nitrogen and oxygen atoms in total. The predicted molar refractivity (Wildman–Crippen MR) is 102 cm³/mol. The maximum absolute atomic E-state index is 14.0. The summed E-state index contributed by atoms with van der Waals surface area (Å²) in [6.07, 6.45) is -1.64. The highest BCUT2D eigenvalue weighted by atomic mass is 19.3. The molecule has 29 heavy (non-hydrogen) atoms. The van der Waals surface area contributed by atoms with Gasteiger partial charge in [-0.15, -0.1) is 0 Å². The van der Waals surface area contributed by atoms with Crippen molar-refractivity contribution in [3.8, 4) is 0 Å². The van der Waals surface area contributed by atoms with E-state index >= 15 is 0 Å². The third kappa shape index (κ3) is 5.98. The number of esters is 1.